The molecule has 1 nitrogen and oxygen atoms in total. The highest BCUT2D eigenvalue weighted by molar-refractivity contribution is 9.11. The van der Waals surface area contributed by atoms with E-state index < -0.39 is 6.43 Å². The van der Waals surface area contributed by atoms with E-state index in [1.54, 1.807) is 0 Å². The zero-order valence-corrected chi connectivity index (χ0v) is 7.92. The van der Waals surface area contributed by atoms with Crippen molar-refractivity contribution in [1.82, 2.24) is 0 Å². The Morgan fingerprint density at radius 2 is 2.45 bits per heavy atom. The van der Waals surface area contributed by atoms with E-state index in [-0.39, 0.29) is 22.3 Å². The van der Waals surface area contributed by atoms with Crippen molar-refractivity contribution in [3.63, 3.8) is 0 Å². The summed E-state index contributed by atoms with van der Waals surface area (Å²) < 4.78 is 23.7. The van der Waals surface area contributed by atoms with Crippen molar-refractivity contribution in [2.45, 2.75) is 12.8 Å². The first-order valence-corrected chi connectivity index (χ1v) is 4.85. The molecule has 1 aliphatic heterocycles. The zero-order valence-electron chi connectivity index (χ0n) is 5.52. The summed E-state index contributed by atoms with van der Waals surface area (Å²) in [4.78, 5) is 10.6. The van der Waals surface area contributed by atoms with Gasteiger partial charge in [-0.25, -0.2) is 8.78 Å². The lowest BCUT2D eigenvalue weighted by molar-refractivity contribution is -0.115. The van der Waals surface area contributed by atoms with Crippen molar-refractivity contribution in [2.24, 2.45) is 5.92 Å². The first-order valence-electron chi connectivity index (χ1n) is 3.07. The van der Waals surface area contributed by atoms with Crippen LogP contribution in [0.2, 0.25) is 0 Å². The molecule has 1 heterocycles. The second-order valence-electron chi connectivity index (χ2n) is 2.28. The van der Waals surface area contributed by atoms with Crippen LogP contribution >= 0.6 is 27.7 Å². The van der Waals surface area contributed by atoms with E-state index in [4.69, 9.17) is 0 Å². The third-order valence-corrected chi connectivity index (χ3v) is 3.30. The Bertz CT molecular complexity index is 165. The number of carbonyl (C=O) groups is 1. The van der Waals surface area contributed by atoms with Crippen LogP contribution in [0.25, 0.3) is 0 Å². The zero-order chi connectivity index (χ0) is 8.43. The van der Waals surface area contributed by atoms with Gasteiger partial charge in [0.1, 0.15) is 4.83 Å². The number of thioether (sulfide) groups is 1. The van der Waals surface area contributed by atoms with Crippen molar-refractivity contribution in [3.05, 3.63) is 4.83 Å². The summed E-state index contributed by atoms with van der Waals surface area (Å²) in [5.41, 5.74) is 0. The smallest absolute Gasteiger partial charge is 0.255 e. The molecule has 0 amide bonds. The van der Waals surface area contributed by atoms with Gasteiger partial charge >= 0.3 is 0 Å². The van der Waals surface area contributed by atoms with Crippen LogP contribution in [-0.4, -0.2) is 17.3 Å². The number of alkyl halides is 2. The Morgan fingerprint density at radius 1 is 1.82 bits per heavy atom. The molecule has 0 aliphatic carbocycles. The maximum absolute atomic E-state index is 11.9. The van der Waals surface area contributed by atoms with Crippen LogP contribution in [0.15, 0.2) is 0 Å². The van der Waals surface area contributed by atoms with E-state index in [2.05, 4.69) is 15.9 Å². The second-order valence-corrected chi connectivity index (χ2v) is 4.32. The number of hydrogen-bond acceptors (Lipinski definition) is 2. The summed E-state index contributed by atoms with van der Waals surface area (Å²) in [6.45, 7) is 0. The van der Waals surface area contributed by atoms with Gasteiger partial charge in [-0.05, 0) is 6.42 Å². The molecule has 0 aromatic rings. The third kappa shape index (κ3) is 2.40. The van der Waals surface area contributed by atoms with E-state index >= 15 is 0 Å². The van der Waals surface area contributed by atoms with Gasteiger partial charge in [-0.15, -0.1) is 0 Å². The van der Waals surface area contributed by atoms with Crippen LogP contribution in [0.1, 0.15) is 6.42 Å². The Hall–Kier alpha value is 0.360. The Morgan fingerprint density at radius 3 is 2.73 bits per heavy atom. The van der Waals surface area contributed by atoms with Gasteiger partial charge in [-0.3, -0.25) is 4.79 Å². The van der Waals surface area contributed by atoms with Crippen molar-refractivity contribution >= 4 is 32.8 Å². The molecule has 0 saturated carbocycles. The normalized spacial score (nSPS) is 24.5. The van der Waals surface area contributed by atoms with Gasteiger partial charge < -0.3 is 0 Å². The van der Waals surface area contributed by atoms with E-state index in [0.717, 1.165) is 0 Å². The lowest BCUT2D eigenvalue weighted by Crippen LogP contribution is -2.27. The highest BCUT2D eigenvalue weighted by Crippen LogP contribution is 2.36. The van der Waals surface area contributed by atoms with Crippen molar-refractivity contribution in [1.29, 1.82) is 0 Å². The Balaban J connectivity index is 2.25. The molecule has 1 unspecified atom stereocenters. The van der Waals surface area contributed by atoms with Gasteiger partial charge in [0.25, 0.3) is 6.43 Å². The number of hydrogen-bond donors (Lipinski definition) is 0. The van der Waals surface area contributed by atoms with Gasteiger partial charge in [0, 0.05) is 11.7 Å². The predicted octanol–water partition coefficient (Wildman–Crippen LogP) is 2.46. The fourth-order valence-corrected chi connectivity index (χ4v) is 1.87. The Labute approximate surface area is 76.0 Å². The fraction of sp³-hybridized carbons (Fsp3) is 0.667. The van der Waals surface area contributed by atoms with E-state index in [9.17, 15) is 13.6 Å². The quantitative estimate of drug-likeness (QED) is 0.758. The molecular formula is C6H6BrF2OS. The first-order chi connectivity index (χ1) is 5.11. The molecule has 1 radical (unpaired) electrons. The minimum Gasteiger partial charge on any atom is -0.287 e. The molecule has 1 saturated heterocycles. The predicted molar refractivity (Wildman–Crippen MR) is 43.7 cm³/mol. The van der Waals surface area contributed by atoms with Crippen LogP contribution < -0.4 is 0 Å². The van der Waals surface area contributed by atoms with E-state index in [1.807, 2.05) is 0 Å². The maximum atomic E-state index is 11.9. The van der Waals surface area contributed by atoms with Gasteiger partial charge in [0.2, 0.25) is 0 Å². The average Bonchev–Trinajstić information content (AvgIpc) is 1.96. The SMILES string of the molecule is O=C1SCC1C[C](Br)C(F)F. The maximum Gasteiger partial charge on any atom is 0.255 e. The van der Waals surface area contributed by atoms with Crippen LogP contribution in [0, 0.1) is 10.7 Å². The van der Waals surface area contributed by atoms with Crippen molar-refractivity contribution in [3.8, 4) is 0 Å². The van der Waals surface area contributed by atoms with Crippen LogP contribution in [-0.2, 0) is 4.79 Å². The standard InChI is InChI=1S/C6H6BrF2OS/c7-4(5(8)9)1-3-2-11-6(3)10/h3,5H,1-2H2. The molecule has 5 heteroatoms. The van der Waals surface area contributed by atoms with Gasteiger partial charge in [-0.1, -0.05) is 27.7 Å². The van der Waals surface area contributed by atoms with Crippen LogP contribution in [0.5, 0.6) is 0 Å². The van der Waals surface area contributed by atoms with Crippen molar-refractivity contribution < 1.29 is 13.6 Å². The number of rotatable bonds is 3. The molecule has 0 N–H and O–H groups in total. The minimum absolute atomic E-state index is 0.0302. The second kappa shape index (κ2) is 3.85. The molecule has 1 rings (SSSR count). The summed E-state index contributed by atoms with van der Waals surface area (Å²) in [7, 11) is 0. The molecule has 63 valence electrons. The minimum atomic E-state index is -2.45. The number of carbonyl (C=O) groups excluding carboxylic acids is 1. The Kier molecular flexibility index (Phi) is 3.30. The topological polar surface area (TPSA) is 17.1 Å². The molecular weight excluding hydrogens is 238 g/mol. The number of halogens is 3. The average molecular weight is 244 g/mol. The highest BCUT2D eigenvalue weighted by atomic mass is 79.9. The van der Waals surface area contributed by atoms with Gasteiger partial charge in [0.05, 0.1) is 0 Å². The van der Waals surface area contributed by atoms with Gasteiger partial charge in [0.15, 0.2) is 5.12 Å². The van der Waals surface area contributed by atoms with Crippen LogP contribution in [0.4, 0.5) is 8.78 Å². The largest absolute Gasteiger partial charge is 0.287 e. The molecule has 1 fully saturated rings. The summed E-state index contributed by atoms with van der Waals surface area (Å²) >= 11 is 3.95. The monoisotopic (exact) mass is 243 g/mol. The summed E-state index contributed by atoms with van der Waals surface area (Å²) in [6, 6.07) is 0. The first kappa shape index (κ1) is 9.45. The summed E-state index contributed by atoms with van der Waals surface area (Å²) in [5, 5.41) is 0.0302. The molecule has 0 aromatic carbocycles. The summed E-state index contributed by atoms with van der Waals surface area (Å²) in [5.74, 6) is 0.504. The van der Waals surface area contributed by atoms with Crippen molar-refractivity contribution in [2.75, 3.05) is 5.75 Å². The lowest BCUT2D eigenvalue weighted by Gasteiger charge is -2.24. The molecule has 0 aromatic heterocycles. The van der Waals surface area contributed by atoms with E-state index in [0.29, 0.717) is 5.75 Å². The van der Waals surface area contributed by atoms with Crippen LogP contribution in [0.3, 0.4) is 0 Å². The molecule has 1 atom stereocenters. The molecule has 0 bridgehead atoms. The third-order valence-electron chi connectivity index (χ3n) is 1.44. The molecule has 11 heavy (non-hydrogen) atoms. The highest BCUT2D eigenvalue weighted by Gasteiger charge is 2.33. The fourth-order valence-electron chi connectivity index (χ4n) is 0.736. The summed E-state index contributed by atoms with van der Waals surface area (Å²) in [6.07, 6.45) is -2.27. The van der Waals surface area contributed by atoms with Gasteiger partial charge in [-0.2, -0.15) is 0 Å². The molecule has 0 spiro atoms. The lowest BCUT2D eigenvalue weighted by atomic mass is 10.1. The molecule has 1 aliphatic rings. The van der Waals surface area contributed by atoms with E-state index in [1.165, 1.54) is 11.8 Å².